The van der Waals surface area contributed by atoms with E-state index < -0.39 is 12.0 Å². The molecule has 0 saturated carbocycles. The summed E-state index contributed by atoms with van der Waals surface area (Å²) < 4.78 is 5.15. The topological polar surface area (TPSA) is 104 Å². The number of benzene rings is 1. The third kappa shape index (κ3) is 3.25. The first kappa shape index (κ1) is 15.6. The monoisotopic (exact) mass is 303 g/mol. The number of hydrogen-bond acceptors (Lipinski definition) is 4. The molecule has 0 aliphatic rings. The fraction of sp³-hybridized carbons (Fsp3) is 0.267. The van der Waals surface area contributed by atoms with E-state index in [0.29, 0.717) is 11.4 Å². The lowest BCUT2D eigenvalue weighted by Crippen LogP contribution is -2.14. The third-order valence-electron chi connectivity index (χ3n) is 3.13. The molecule has 2 amide bonds. The molecule has 0 saturated heterocycles. The van der Waals surface area contributed by atoms with Gasteiger partial charge in [0.15, 0.2) is 0 Å². The van der Waals surface area contributed by atoms with Gasteiger partial charge in [-0.3, -0.25) is 4.79 Å². The molecule has 1 aromatic heterocycles. The Hall–Kier alpha value is -2.83. The zero-order valence-corrected chi connectivity index (χ0v) is 12.8. The van der Waals surface area contributed by atoms with Gasteiger partial charge in [-0.05, 0) is 38.8 Å². The van der Waals surface area contributed by atoms with Gasteiger partial charge >= 0.3 is 12.1 Å². The molecule has 2 rings (SSSR count). The van der Waals surface area contributed by atoms with E-state index in [1.54, 1.807) is 6.92 Å². The molecule has 0 radical (unpaired) electrons. The summed E-state index contributed by atoms with van der Waals surface area (Å²) in [5.41, 5.74) is 4.00. The van der Waals surface area contributed by atoms with Crippen LogP contribution < -0.4 is 10.6 Å². The Kier molecular flexibility index (Phi) is 4.16. The fourth-order valence-electron chi connectivity index (χ4n) is 2.30. The predicted molar refractivity (Wildman–Crippen MR) is 81.5 cm³/mol. The number of carboxylic acid groups (broad SMARTS) is 1. The average molecular weight is 303 g/mol. The molecule has 0 fully saturated rings. The van der Waals surface area contributed by atoms with E-state index >= 15 is 0 Å². The van der Waals surface area contributed by atoms with Crippen LogP contribution in [0.1, 0.15) is 32.9 Å². The number of amides is 2. The van der Waals surface area contributed by atoms with Gasteiger partial charge in [0.1, 0.15) is 0 Å². The number of oxazole rings is 1. The molecular formula is C15H17N3O4. The van der Waals surface area contributed by atoms with Crippen molar-refractivity contribution < 1.29 is 19.1 Å². The minimum Gasteiger partial charge on any atom is -0.465 e. The van der Waals surface area contributed by atoms with Gasteiger partial charge in [-0.25, -0.2) is 10.1 Å². The Morgan fingerprint density at radius 2 is 1.68 bits per heavy atom. The summed E-state index contributed by atoms with van der Waals surface area (Å²) in [5, 5.41) is 13.4. The van der Waals surface area contributed by atoms with Crippen molar-refractivity contribution in [3.8, 4) is 0 Å². The summed E-state index contributed by atoms with van der Waals surface area (Å²) >= 11 is 0. The van der Waals surface area contributed by atoms with Crippen LogP contribution in [0.2, 0.25) is 0 Å². The van der Waals surface area contributed by atoms with Crippen LogP contribution in [0.3, 0.4) is 0 Å². The van der Waals surface area contributed by atoms with E-state index in [4.69, 9.17) is 9.52 Å². The minimum atomic E-state index is -1.31. The first-order valence-electron chi connectivity index (χ1n) is 6.64. The summed E-state index contributed by atoms with van der Waals surface area (Å²) in [6.07, 6.45) is -1.31. The average Bonchev–Trinajstić information content (AvgIpc) is 2.73. The van der Waals surface area contributed by atoms with Crippen LogP contribution in [0.5, 0.6) is 0 Å². The maximum Gasteiger partial charge on any atom is 0.412 e. The second-order valence-corrected chi connectivity index (χ2v) is 5.09. The number of aryl methyl sites for hydroxylation is 4. The van der Waals surface area contributed by atoms with Crippen molar-refractivity contribution >= 4 is 23.7 Å². The molecule has 0 spiro atoms. The summed E-state index contributed by atoms with van der Waals surface area (Å²) in [6.45, 7) is 7.36. The van der Waals surface area contributed by atoms with Crippen LogP contribution in [-0.2, 0) is 0 Å². The van der Waals surface area contributed by atoms with Gasteiger partial charge in [0.2, 0.25) is 5.76 Å². The second-order valence-electron chi connectivity index (χ2n) is 5.09. The van der Waals surface area contributed by atoms with Gasteiger partial charge in [-0.15, -0.1) is 0 Å². The molecule has 0 bridgehead atoms. The normalized spacial score (nSPS) is 10.4. The van der Waals surface area contributed by atoms with Crippen molar-refractivity contribution in [2.45, 2.75) is 27.7 Å². The zero-order chi connectivity index (χ0) is 16.4. The van der Waals surface area contributed by atoms with Crippen LogP contribution in [0.15, 0.2) is 16.5 Å². The minimum absolute atomic E-state index is 0.0249. The quantitative estimate of drug-likeness (QED) is 0.807. The highest BCUT2D eigenvalue weighted by Gasteiger charge is 2.19. The number of carbonyl (C=O) groups excluding carboxylic acids is 1. The smallest absolute Gasteiger partial charge is 0.412 e. The second kappa shape index (κ2) is 5.88. The maximum atomic E-state index is 12.3. The number of rotatable bonds is 3. The summed E-state index contributed by atoms with van der Waals surface area (Å²) in [4.78, 5) is 26.7. The molecule has 1 heterocycles. The SMILES string of the molecule is Cc1cc(C)c(NC(=O)c2oc(NC(=O)O)nc2C)c(C)c1. The van der Waals surface area contributed by atoms with Gasteiger partial charge in [0.05, 0.1) is 5.69 Å². The lowest BCUT2D eigenvalue weighted by molar-refractivity contribution is 0.0996. The molecule has 3 N–H and O–H groups in total. The lowest BCUT2D eigenvalue weighted by atomic mass is 10.1. The van der Waals surface area contributed by atoms with E-state index in [9.17, 15) is 9.59 Å². The van der Waals surface area contributed by atoms with Crippen molar-refractivity contribution in [3.63, 3.8) is 0 Å². The Balaban J connectivity index is 2.26. The maximum absolute atomic E-state index is 12.3. The number of anilines is 2. The molecule has 22 heavy (non-hydrogen) atoms. The van der Waals surface area contributed by atoms with Gasteiger partial charge in [0.25, 0.3) is 5.91 Å². The molecule has 0 aliphatic carbocycles. The van der Waals surface area contributed by atoms with Crippen LogP contribution in [0.25, 0.3) is 0 Å². The van der Waals surface area contributed by atoms with Crippen molar-refractivity contribution in [3.05, 3.63) is 40.3 Å². The van der Waals surface area contributed by atoms with Crippen molar-refractivity contribution in [1.29, 1.82) is 0 Å². The van der Waals surface area contributed by atoms with Crippen LogP contribution in [0.4, 0.5) is 16.5 Å². The van der Waals surface area contributed by atoms with E-state index in [0.717, 1.165) is 16.7 Å². The van der Waals surface area contributed by atoms with Gasteiger partial charge in [-0.1, -0.05) is 17.7 Å². The molecule has 0 aliphatic heterocycles. The largest absolute Gasteiger partial charge is 0.465 e. The van der Waals surface area contributed by atoms with Crippen molar-refractivity contribution in [1.82, 2.24) is 4.98 Å². The number of aromatic nitrogens is 1. The highest BCUT2D eigenvalue weighted by Crippen LogP contribution is 2.23. The predicted octanol–water partition coefficient (Wildman–Crippen LogP) is 3.25. The molecular weight excluding hydrogens is 286 g/mol. The van der Waals surface area contributed by atoms with E-state index in [1.807, 2.05) is 38.2 Å². The highest BCUT2D eigenvalue weighted by atomic mass is 16.4. The summed E-state index contributed by atoms with van der Waals surface area (Å²) in [6, 6.07) is 3.70. The van der Waals surface area contributed by atoms with Gasteiger partial charge in [0, 0.05) is 5.69 Å². The van der Waals surface area contributed by atoms with E-state index in [2.05, 4.69) is 10.3 Å². The molecule has 0 unspecified atom stereocenters. The molecule has 7 nitrogen and oxygen atoms in total. The van der Waals surface area contributed by atoms with Crippen LogP contribution >= 0.6 is 0 Å². The van der Waals surface area contributed by atoms with Crippen LogP contribution in [-0.4, -0.2) is 22.1 Å². The number of nitrogens with one attached hydrogen (secondary N) is 2. The van der Waals surface area contributed by atoms with Crippen LogP contribution in [0, 0.1) is 27.7 Å². The zero-order valence-electron chi connectivity index (χ0n) is 12.8. The molecule has 2 aromatic rings. The first-order valence-corrected chi connectivity index (χ1v) is 6.64. The van der Waals surface area contributed by atoms with Crippen molar-refractivity contribution in [2.75, 3.05) is 10.6 Å². The highest BCUT2D eigenvalue weighted by molar-refractivity contribution is 6.04. The summed E-state index contributed by atoms with van der Waals surface area (Å²) in [7, 11) is 0. The molecule has 0 atom stereocenters. The third-order valence-corrected chi connectivity index (χ3v) is 3.13. The lowest BCUT2D eigenvalue weighted by Gasteiger charge is -2.12. The van der Waals surface area contributed by atoms with Gasteiger partial charge in [-0.2, -0.15) is 4.98 Å². The Labute approximate surface area is 127 Å². The Morgan fingerprint density at radius 1 is 1.09 bits per heavy atom. The molecule has 116 valence electrons. The number of hydrogen-bond donors (Lipinski definition) is 3. The van der Waals surface area contributed by atoms with Crippen molar-refractivity contribution in [2.24, 2.45) is 0 Å². The van der Waals surface area contributed by atoms with Gasteiger partial charge < -0.3 is 14.8 Å². The van der Waals surface area contributed by atoms with E-state index in [1.165, 1.54) is 0 Å². The molecule has 7 heteroatoms. The Morgan fingerprint density at radius 3 is 2.23 bits per heavy atom. The number of carbonyl (C=O) groups is 2. The molecule has 1 aromatic carbocycles. The fourth-order valence-corrected chi connectivity index (χ4v) is 2.30. The number of nitrogens with zero attached hydrogens (tertiary/aromatic N) is 1. The van der Waals surface area contributed by atoms with E-state index in [-0.39, 0.29) is 11.8 Å². The summed E-state index contributed by atoms with van der Waals surface area (Å²) in [5.74, 6) is -0.499. The Bertz CT molecular complexity index is 726. The standard InChI is InChI=1S/C15H17N3O4/c1-7-5-8(2)11(9(3)6-7)17-13(19)12-10(4)16-14(22-12)18-15(20)21/h5-6H,1-4H3,(H,16,18)(H,17,19)(H,20,21). The first-order chi connectivity index (χ1) is 10.3.